The number of hydrogen-bond acceptors (Lipinski definition) is 3. The number of nitrogens with two attached hydrogens (primary N) is 1. The lowest BCUT2D eigenvalue weighted by atomic mass is 10.00. The molecule has 0 saturated carbocycles. The molecule has 1 fully saturated rings. The lowest BCUT2D eigenvalue weighted by Crippen LogP contribution is -2.50. The third-order valence-electron chi connectivity index (χ3n) is 3.71. The molecule has 1 saturated heterocycles. The molecule has 0 spiro atoms. The van der Waals surface area contributed by atoms with Crippen molar-refractivity contribution in [1.82, 2.24) is 4.90 Å². The Morgan fingerprint density at radius 1 is 1.50 bits per heavy atom. The standard InChI is InChI=1S/C14H20N2O2/c1-11(12-5-3-2-4-6-12)9-16-8-7-14(15,10-16)13(17)18/h2-6,11H,7-10,15H2,1H3,(H,17,18). The zero-order chi connectivity index (χ0) is 13.2. The van der Waals surface area contributed by atoms with Crippen LogP contribution < -0.4 is 5.73 Å². The van der Waals surface area contributed by atoms with E-state index in [0.29, 0.717) is 18.9 Å². The second kappa shape index (κ2) is 5.08. The fourth-order valence-corrected chi connectivity index (χ4v) is 2.52. The molecule has 0 aromatic heterocycles. The summed E-state index contributed by atoms with van der Waals surface area (Å²) in [5.41, 5.74) is 6.09. The van der Waals surface area contributed by atoms with Crippen LogP contribution in [0.3, 0.4) is 0 Å². The van der Waals surface area contributed by atoms with Crippen LogP contribution in [0.2, 0.25) is 0 Å². The van der Waals surface area contributed by atoms with Crippen molar-refractivity contribution in [3.05, 3.63) is 35.9 Å². The predicted molar refractivity (Wildman–Crippen MR) is 70.5 cm³/mol. The fourth-order valence-electron chi connectivity index (χ4n) is 2.52. The molecule has 2 atom stereocenters. The van der Waals surface area contributed by atoms with Gasteiger partial charge in [-0.05, 0) is 17.9 Å². The second-order valence-corrected chi connectivity index (χ2v) is 5.26. The third-order valence-corrected chi connectivity index (χ3v) is 3.71. The Morgan fingerprint density at radius 2 is 2.17 bits per heavy atom. The van der Waals surface area contributed by atoms with E-state index in [0.717, 1.165) is 13.1 Å². The zero-order valence-corrected chi connectivity index (χ0v) is 10.7. The van der Waals surface area contributed by atoms with Crippen LogP contribution >= 0.6 is 0 Å². The largest absolute Gasteiger partial charge is 0.480 e. The van der Waals surface area contributed by atoms with E-state index in [-0.39, 0.29) is 0 Å². The number of aliphatic carboxylic acids is 1. The van der Waals surface area contributed by atoms with Gasteiger partial charge in [0.1, 0.15) is 5.54 Å². The van der Waals surface area contributed by atoms with E-state index in [1.54, 1.807) is 0 Å². The van der Waals surface area contributed by atoms with Gasteiger partial charge in [-0.2, -0.15) is 0 Å². The minimum absolute atomic E-state index is 0.391. The van der Waals surface area contributed by atoms with E-state index in [1.165, 1.54) is 5.56 Å². The van der Waals surface area contributed by atoms with E-state index in [2.05, 4.69) is 24.0 Å². The molecular formula is C14H20N2O2. The number of nitrogens with zero attached hydrogens (tertiary/aromatic N) is 1. The first-order chi connectivity index (χ1) is 8.51. The Hall–Kier alpha value is -1.39. The molecule has 1 aromatic carbocycles. The van der Waals surface area contributed by atoms with Crippen LogP contribution in [0.5, 0.6) is 0 Å². The summed E-state index contributed by atoms with van der Waals surface area (Å²) in [6.45, 7) is 4.22. The van der Waals surface area contributed by atoms with Crippen molar-refractivity contribution >= 4 is 5.97 Å². The highest BCUT2D eigenvalue weighted by Gasteiger charge is 2.41. The van der Waals surface area contributed by atoms with E-state index in [9.17, 15) is 4.79 Å². The van der Waals surface area contributed by atoms with Crippen molar-refractivity contribution in [3.63, 3.8) is 0 Å². The number of carboxylic acids is 1. The molecule has 2 unspecified atom stereocenters. The normalized spacial score (nSPS) is 26.1. The van der Waals surface area contributed by atoms with E-state index in [4.69, 9.17) is 10.8 Å². The lowest BCUT2D eigenvalue weighted by Gasteiger charge is -2.23. The van der Waals surface area contributed by atoms with Gasteiger partial charge in [0, 0.05) is 19.6 Å². The third kappa shape index (κ3) is 2.71. The Bertz CT molecular complexity index is 421. The van der Waals surface area contributed by atoms with Crippen LogP contribution in [0.15, 0.2) is 30.3 Å². The summed E-state index contributed by atoms with van der Waals surface area (Å²) in [5.74, 6) is -0.500. The summed E-state index contributed by atoms with van der Waals surface area (Å²) in [6, 6.07) is 10.3. The van der Waals surface area contributed by atoms with Gasteiger partial charge in [-0.3, -0.25) is 4.79 Å². The number of carbonyl (C=O) groups is 1. The summed E-state index contributed by atoms with van der Waals surface area (Å²) in [7, 11) is 0. The molecule has 18 heavy (non-hydrogen) atoms. The second-order valence-electron chi connectivity index (χ2n) is 5.26. The topological polar surface area (TPSA) is 66.6 Å². The van der Waals surface area contributed by atoms with Gasteiger partial charge >= 0.3 is 5.97 Å². The monoisotopic (exact) mass is 248 g/mol. The highest BCUT2D eigenvalue weighted by molar-refractivity contribution is 5.79. The van der Waals surface area contributed by atoms with Gasteiger partial charge in [-0.1, -0.05) is 37.3 Å². The maximum Gasteiger partial charge on any atom is 0.325 e. The Balaban J connectivity index is 1.94. The van der Waals surface area contributed by atoms with Gasteiger partial charge in [0.05, 0.1) is 0 Å². The van der Waals surface area contributed by atoms with Gasteiger partial charge in [0.25, 0.3) is 0 Å². The molecule has 2 rings (SSSR count). The number of carboxylic acid groups (broad SMARTS) is 1. The molecule has 0 amide bonds. The molecule has 0 aliphatic carbocycles. The van der Waals surface area contributed by atoms with Crippen molar-refractivity contribution in [3.8, 4) is 0 Å². The van der Waals surface area contributed by atoms with Crippen LogP contribution in [0.25, 0.3) is 0 Å². The highest BCUT2D eigenvalue weighted by atomic mass is 16.4. The Labute approximate surface area is 107 Å². The Kier molecular flexibility index (Phi) is 3.68. The molecule has 1 aliphatic heterocycles. The minimum atomic E-state index is -1.06. The molecule has 1 heterocycles. The van der Waals surface area contributed by atoms with Crippen LogP contribution in [0.4, 0.5) is 0 Å². The minimum Gasteiger partial charge on any atom is -0.480 e. The van der Waals surface area contributed by atoms with Crippen molar-refractivity contribution in [2.45, 2.75) is 24.8 Å². The number of rotatable bonds is 4. The van der Waals surface area contributed by atoms with Crippen LogP contribution in [0, 0.1) is 0 Å². The lowest BCUT2D eigenvalue weighted by molar-refractivity contribution is -0.142. The number of likely N-dealkylation sites (tertiary alicyclic amines) is 1. The van der Waals surface area contributed by atoms with Gasteiger partial charge < -0.3 is 15.7 Å². The van der Waals surface area contributed by atoms with Crippen LogP contribution in [-0.4, -0.2) is 41.1 Å². The SMILES string of the molecule is CC(CN1CCC(N)(C(=O)O)C1)c1ccccc1. The molecule has 1 aromatic rings. The first-order valence-corrected chi connectivity index (χ1v) is 6.31. The van der Waals surface area contributed by atoms with Gasteiger partial charge in [0.2, 0.25) is 0 Å². The van der Waals surface area contributed by atoms with Crippen LogP contribution in [0.1, 0.15) is 24.8 Å². The Morgan fingerprint density at radius 3 is 2.72 bits per heavy atom. The van der Waals surface area contributed by atoms with Crippen molar-refractivity contribution < 1.29 is 9.90 Å². The molecular weight excluding hydrogens is 228 g/mol. The summed E-state index contributed by atoms with van der Waals surface area (Å²) < 4.78 is 0. The van der Waals surface area contributed by atoms with Gasteiger partial charge in [0.15, 0.2) is 0 Å². The summed E-state index contributed by atoms with van der Waals surface area (Å²) in [5, 5.41) is 9.09. The molecule has 4 nitrogen and oxygen atoms in total. The smallest absolute Gasteiger partial charge is 0.325 e. The van der Waals surface area contributed by atoms with E-state index in [1.807, 2.05) is 18.2 Å². The van der Waals surface area contributed by atoms with E-state index >= 15 is 0 Å². The molecule has 0 bridgehead atoms. The first-order valence-electron chi connectivity index (χ1n) is 6.31. The maximum atomic E-state index is 11.1. The van der Waals surface area contributed by atoms with Crippen LogP contribution in [-0.2, 0) is 4.79 Å². The van der Waals surface area contributed by atoms with Crippen molar-refractivity contribution in [2.75, 3.05) is 19.6 Å². The average Bonchev–Trinajstić information content (AvgIpc) is 2.73. The van der Waals surface area contributed by atoms with Gasteiger partial charge in [-0.25, -0.2) is 0 Å². The number of hydrogen-bond donors (Lipinski definition) is 2. The first kappa shape index (κ1) is 13.1. The summed E-state index contributed by atoms with van der Waals surface area (Å²) in [4.78, 5) is 13.2. The van der Waals surface area contributed by atoms with Crippen molar-refractivity contribution in [2.24, 2.45) is 5.73 Å². The summed E-state index contributed by atoms with van der Waals surface area (Å²) >= 11 is 0. The highest BCUT2D eigenvalue weighted by Crippen LogP contribution is 2.23. The molecule has 0 radical (unpaired) electrons. The van der Waals surface area contributed by atoms with Crippen molar-refractivity contribution in [1.29, 1.82) is 0 Å². The molecule has 4 heteroatoms. The zero-order valence-electron chi connectivity index (χ0n) is 10.7. The maximum absolute atomic E-state index is 11.1. The molecule has 1 aliphatic rings. The predicted octanol–water partition coefficient (Wildman–Crippen LogP) is 1.28. The average molecular weight is 248 g/mol. The quantitative estimate of drug-likeness (QED) is 0.842. The fraction of sp³-hybridized carbons (Fsp3) is 0.500. The molecule has 98 valence electrons. The van der Waals surface area contributed by atoms with Gasteiger partial charge in [-0.15, -0.1) is 0 Å². The summed E-state index contributed by atoms with van der Waals surface area (Å²) in [6.07, 6.45) is 0.532. The molecule has 3 N–H and O–H groups in total. The van der Waals surface area contributed by atoms with E-state index < -0.39 is 11.5 Å². The number of benzene rings is 1.